The number of nitrogens with zero attached hydrogens (tertiary/aromatic N) is 2. The Morgan fingerprint density at radius 1 is 1.10 bits per heavy atom. The second kappa shape index (κ2) is 8.04. The molecule has 7 heteroatoms. The number of hydrogen-bond donors (Lipinski definition) is 1. The standard InChI is InChI=1S/C23H23N3O3S/c1-13(2)19(26-22(28)15-9-6-7-10-16(15)23(26)29)20(27)25-21-17(12-24)14-8-4-3-5-11-18(14)30-21/h6-7,9-10,13,19H,3-5,8,11H2,1-2H3,(H,25,27)/t19-/m1/s1. The maximum Gasteiger partial charge on any atom is 0.262 e. The molecule has 1 aromatic carbocycles. The van der Waals surface area contributed by atoms with E-state index in [2.05, 4.69) is 11.4 Å². The molecule has 1 N–H and O–H groups in total. The zero-order valence-electron chi connectivity index (χ0n) is 17.0. The molecule has 30 heavy (non-hydrogen) atoms. The molecule has 1 aromatic heterocycles. The largest absolute Gasteiger partial charge is 0.315 e. The highest BCUT2D eigenvalue weighted by Crippen LogP contribution is 2.37. The maximum absolute atomic E-state index is 13.3. The molecule has 6 nitrogen and oxygen atoms in total. The third-order valence-corrected chi connectivity index (χ3v) is 6.98. The molecule has 0 saturated heterocycles. The van der Waals surface area contributed by atoms with Crippen molar-refractivity contribution in [2.45, 2.75) is 52.0 Å². The molecule has 0 saturated carbocycles. The van der Waals surface area contributed by atoms with E-state index in [4.69, 9.17) is 0 Å². The van der Waals surface area contributed by atoms with Crippen LogP contribution in [0.4, 0.5) is 5.00 Å². The Kier molecular flexibility index (Phi) is 5.44. The molecule has 0 radical (unpaired) electrons. The van der Waals surface area contributed by atoms with E-state index in [0.29, 0.717) is 21.7 Å². The summed E-state index contributed by atoms with van der Waals surface area (Å²) >= 11 is 1.45. The molecule has 1 aliphatic carbocycles. The number of thiophene rings is 1. The smallest absolute Gasteiger partial charge is 0.262 e. The van der Waals surface area contributed by atoms with Gasteiger partial charge in [-0.3, -0.25) is 19.3 Å². The fourth-order valence-electron chi connectivity index (χ4n) is 4.31. The van der Waals surface area contributed by atoms with Crippen molar-refractivity contribution < 1.29 is 14.4 Å². The van der Waals surface area contributed by atoms with Crippen molar-refractivity contribution in [3.8, 4) is 6.07 Å². The predicted octanol–water partition coefficient (Wildman–Crippen LogP) is 4.15. The molecule has 0 bridgehead atoms. The number of rotatable bonds is 4. The van der Waals surface area contributed by atoms with Gasteiger partial charge in [-0.15, -0.1) is 11.3 Å². The summed E-state index contributed by atoms with van der Waals surface area (Å²) in [5.41, 5.74) is 2.20. The highest BCUT2D eigenvalue weighted by atomic mass is 32.1. The molecule has 0 unspecified atom stereocenters. The van der Waals surface area contributed by atoms with E-state index in [1.165, 1.54) is 11.3 Å². The lowest BCUT2D eigenvalue weighted by Crippen LogP contribution is -2.50. The van der Waals surface area contributed by atoms with Gasteiger partial charge in [0, 0.05) is 4.88 Å². The van der Waals surface area contributed by atoms with Crippen molar-refractivity contribution in [1.29, 1.82) is 5.26 Å². The van der Waals surface area contributed by atoms with Crippen molar-refractivity contribution in [1.82, 2.24) is 4.90 Å². The number of benzene rings is 1. The first kappa shape index (κ1) is 20.3. The van der Waals surface area contributed by atoms with Gasteiger partial charge in [0.1, 0.15) is 17.1 Å². The molecule has 2 aromatic rings. The van der Waals surface area contributed by atoms with Crippen LogP contribution in [0.1, 0.15) is 69.8 Å². The first-order valence-corrected chi connectivity index (χ1v) is 11.1. The van der Waals surface area contributed by atoms with Gasteiger partial charge in [0.05, 0.1) is 16.7 Å². The topological polar surface area (TPSA) is 90.3 Å². The summed E-state index contributed by atoms with van der Waals surface area (Å²) in [6, 6.07) is 7.92. The van der Waals surface area contributed by atoms with Crippen LogP contribution in [0.3, 0.4) is 0 Å². The molecule has 2 heterocycles. The quantitative estimate of drug-likeness (QED) is 0.593. The number of fused-ring (bicyclic) bond motifs is 2. The van der Waals surface area contributed by atoms with E-state index in [1.54, 1.807) is 24.3 Å². The number of nitriles is 1. The molecule has 2 aliphatic rings. The van der Waals surface area contributed by atoms with E-state index >= 15 is 0 Å². The SMILES string of the molecule is CC(C)[C@H](C(=O)Nc1sc2c(c1C#N)CCCCC2)N1C(=O)c2ccccc2C1=O. The number of carbonyl (C=O) groups is 3. The lowest BCUT2D eigenvalue weighted by atomic mass is 10.0. The number of imide groups is 1. The Morgan fingerprint density at radius 2 is 1.73 bits per heavy atom. The summed E-state index contributed by atoms with van der Waals surface area (Å²) in [7, 11) is 0. The second-order valence-electron chi connectivity index (χ2n) is 8.08. The summed E-state index contributed by atoms with van der Waals surface area (Å²) in [6.45, 7) is 3.62. The molecule has 3 amide bonds. The molecular weight excluding hydrogens is 398 g/mol. The van der Waals surface area contributed by atoms with Crippen LogP contribution in [-0.2, 0) is 17.6 Å². The Morgan fingerprint density at radius 3 is 2.33 bits per heavy atom. The normalized spacial score (nSPS) is 16.7. The van der Waals surface area contributed by atoms with Gasteiger partial charge in [-0.25, -0.2) is 0 Å². The Bertz CT molecular complexity index is 1040. The second-order valence-corrected chi connectivity index (χ2v) is 9.19. The summed E-state index contributed by atoms with van der Waals surface area (Å²) in [5, 5.41) is 13.1. The zero-order chi connectivity index (χ0) is 21.4. The van der Waals surface area contributed by atoms with Gasteiger partial charge < -0.3 is 5.32 Å². The number of amides is 3. The third kappa shape index (κ3) is 3.31. The first-order chi connectivity index (χ1) is 14.4. The van der Waals surface area contributed by atoms with Crippen LogP contribution in [0.2, 0.25) is 0 Å². The minimum Gasteiger partial charge on any atom is -0.315 e. The van der Waals surface area contributed by atoms with Crippen LogP contribution in [0.5, 0.6) is 0 Å². The fraction of sp³-hybridized carbons (Fsp3) is 0.391. The minimum absolute atomic E-state index is 0.282. The lowest BCUT2D eigenvalue weighted by Gasteiger charge is -2.28. The van der Waals surface area contributed by atoms with E-state index in [-0.39, 0.29) is 5.92 Å². The average molecular weight is 422 g/mol. The van der Waals surface area contributed by atoms with Crippen LogP contribution in [0.15, 0.2) is 24.3 Å². The van der Waals surface area contributed by atoms with Crippen LogP contribution in [-0.4, -0.2) is 28.7 Å². The molecule has 4 rings (SSSR count). The molecule has 0 spiro atoms. The molecule has 0 fully saturated rings. The van der Waals surface area contributed by atoms with Gasteiger partial charge >= 0.3 is 0 Å². The molecular formula is C23H23N3O3S. The summed E-state index contributed by atoms with van der Waals surface area (Å²) < 4.78 is 0. The summed E-state index contributed by atoms with van der Waals surface area (Å²) in [5.74, 6) is -1.62. The number of carbonyl (C=O) groups excluding carboxylic acids is 3. The maximum atomic E-state index is 13.3. The van der Waals surface area contributed by atoms with E-state index in [1.807, 2.05) is 13.8 Å². The molecule has 1 aliphatic heterocycles. The van der Waals surface area contributed by atoms with Crippen molar-refractivity contribution in [3.63, 3.8) is 0 Å². The Labute approximate surface area is 179 Å². The van der Waals surface area contributed by atoms with Crippen LogP contribution >= 0.6 is 11.3 Å². The predicted molar refractivity (Wildman–Crippen MR) is 114 cm³/mol. The van der Waals surface area contributed by atoms with Crippen molar-refractivity contribution in [2.75, 3.05) is 5.32 Å². The van der Waals surface area contributed by atoms with Gasteiger partial charge in [0.2, 0.25) is 5.91 Å². The first-order valence-electron chi connectivity index (χ1n) is 10.3. The van der Waals surface area contributed by atoms with Crippen molar-refractivity contribution >= 4 is 34.1 Å². The van der Waals surface area contributed by atoms with Gasteiger partial charge in [-0.1, -0.05) is 32.4 Å². The summed E-state index contributed by atoms with van der Waals surface area (Å²) in [4.78, 5) is 41.3. The Balaban J connectivity index is 1.65. The average Bonchev–Trinajstić information content (AvgIpc) is 3.05. The van der Waals surface area contributed by atoms with Gasteiger partial charge in [-0.05, 0) is 49.3 Å². The summed E-state index contributed by atoms with van der Waals surface area (Å²) in [6.07, 6.45) is 5.02. The minimum atomic E-state index is -0.953. The third-order valence-electron chi connectivity index (χ3n) is 5.77. The van der Waals surface area contributed by atoms with Gasteiger partial charge in [0.25, 0.3) is 11.8 Å². The molecule has 1 atom stereocenters. The van der Waals surface area contributed by atoms with E-state index in [9.17, 15) is 19.6 Å². The van der Waals surface area contributed by atoms with Gasteiger partial charge in [-0.2, -0.15) is 5.26 Å². The Hall–Kier alpha value is -2.98. The van der Waals surface area contributed by atoms with Crippen LogP contribution in [0.25, 0.3) is 0 Å². The monoisotopic (exact) mass is 421 g/mol. The number of hydrogen-bond acceptors (Lipinski definition) is 5. The van der Waals surface area contributed by atoms with Crippen molar-refractivity contribution in [3.05, 3.63) is 51.4 Å². The van der Waals surface area contributed by atoms with E-state index in [0.717, 1.165) is 47.4 Å². The number of anilines is 1. The fourth-order valence-corrected chi connectivity index (χ4v) is 5.56. The van der Waals surface area contributed by atoms with Gasteiger partial charge in [0.15, 0.2) is 0 Å². The zero-order valence-corrected chi connectivity index (χ0v) is 17.8. The van der Waals surface area contributed by atoms with Crippen molar-refractivity contribution in [2.24, 2.45) is 5.92 Å². The lowest BCUT2D eigenvalue weighted by molar-refractivity contribution is -0.121. The highest BCUT2D eigenvalue weighted by Gasteiger charge is 2.44. The number of aryl methyl sites for hydroxylation is 1. The molecule has 154 valence electrons. The highest BCUT2D eigenvalue weighted by molar-refractivity contribution is 7.16. The van der Waals surface area contributed by atoms with Crippen LogP contribution < -0.4 is 5.32 Å². The number of nitrogens with one attached hydrogen (secondary N) is 1. The van der Waals surface area contributed by atoms with Crippen LogP contribution in [0, 0.1) is 17.2 Å². The van der Waals surface area contributed by atoms with E-state index < -0.39 is 23.8 Å².